The highest BCUT2D eigenvalue weighted by atomic mass is 19.1. The normalized spacial score (nSPS) is 12.6. The number of fused-ring (bicyclic) bond motifs is 2. The van der Waals surface area contributed by atoms with Crippen molar-refractivity contribution in [1.82, 2.24) is 30.5 Å². The van der Waals surface area contributed by atoms with Crippen molar-refractivity contribution in [3.63, 3.8) is 0 Å². The van der Waals surface area contributed by atoms with Crippen molar-refractivity contribution in [2.24, 2.45) is 0 Å². The molecule has 0 bridgehead atoms. The molecule has 0 amide bonds. The predicted molar refractivity (Wildman–Crippen MR) is 145 cm³/mol. The van der Waals surface area contributed by atoms with E-state index in [1.165, 1.54) is 18.2 Å². The molecule has 8 heteroatoms. The van der Waals surface area contributed by atoms with E-state index in [1.807, 2.05) is 45.1 Å². The molecular formula is C29H26F2N6. The minimum atomic E-state index is -0.440. The summed E-state index contributed by atoms with van der Waals surface area (Å²) in [5, 5.41) is 11.1. The molecule has 3 heterocycles. The second kappa shape index (κ2) is 9.81. The number of halogens is 2. The Bertz CT molecular complexity index is 1670. The lowest BCUT2D eigenvalue weighted by Gasteiger charge is -2.12. The van der Waals surface area contributed by atoms with Crippen LogP contribution < -0.4 is 5.32 Å². The summed E-state index contributed by atoms with van der Waals surface area (Å²) in [6.45, 7) is 9.87. The van der Waals surface area contributed by atoms with Crippen LogP contribution in [0, 0.1) is 11.6 Å². The Morgan fingerprint density at radius 3 is 2.57 bits per heavy atom. The molecule has 3 aromatic heterocycles. The molecule has 0 radical (unpaired) electrons. The topological polar surface area (TPSA) is 82.3 Å². The van der Waals surface area contributed by atoms with Gasteiger partial charge in [-0.15, -0.1) is 0 Å². The molecule has 0 fully saturated rings. The lowest BCUT2D eigenvalue weighted by molar-refractivity contribution is 0.628. The van der Waals surface area contributed by atoms with Crippen molar-refractivity contribution in [3.8, 4) is 22.8 Å². The van der Waals surface area contributed by atoms with E-state index in [2.05, 4.69) is 32.1 Å². The molecule has 0 aliphatic carbocycles. The van der Waals surface area contributed by atoms with Crippen LogP contribution in [-0.4, -0.2) is 31.2 Å². The fourth-order valence-corrected chi connectivity index (χ4v) is 4.29. The Kier molecular flexibility index (Phi) is 6.40. The Balaban J connectivity index is 1.62. The molecule has 0 saturated carbocycles. The fraction of sp³-hybridized carbons (Fsp3) is 0.138. The van der Waals surface area contributed by atoms with Crippen LogP contribution >= 0.6 is 0 Å². The molecule has 6 nitrogen and oxygen atoms in total. The maximum absolute atomic E-state index is 15.2. The molecule has 0 aliphatic rings. The van der Waals surface area contributed by atoms with E-state index < -0.39 is 5.82 Å². The van der Waals surface area contributed by atoms with Gasteiger partial charge in [0.15, 0.2) is 11.6 Å². The third-order valence-corrected chi connectivity index (χ3v) is 6.00. The number of nitrogens with zero attached hydrogens (tertiary/aromatic N) is 3. The van der Waals surface area contributed by atoms with Crippen molar-refractivity contribution in [1.29, 1.82) is 0 Å². The monoisotopic (exact) mass is 496 g/mol. The number of hydrogen-bond acceptors (Lipinski definition) is 4. The van der Waals surface area contributed by atoms with Gasteiger partial charge in [0.25, 0.3) is 0 Å². The number of rotatable bonds is 7. The van der Waals surface area contributed by atoms with Crippen molar-refractivity contribution < 1.29 is 8.78 Å². The first-order valence-corrected chi connectivity index (χ1v) is 11.9. The molecule has 5 aromatic rings. The van der Waals surface area contributed by atoms with Gasteiger partial charge in [-0.25, -0.2) is 13.8 Å². The summed E-state index contributed by atoms with van der Waals surface area (Å²) in [7, 11) is 0. The van der Waals surface area contributed by atoms with Crippen LogP contribution in [0.25, 0.3) is 50.3 Å². The van der Waals surface area contributed by atoms with Crippen molar-refractivity contribution >= 4 is 27.5 Å². The zero-order chi connectivity index (χ0) is 26.1. The van der Waals surface area contributed by atoms with Gasteiger partial charge in [-0.1, -0.05) is 12.7 Å². The Morgan fingerprint density at radius 1 is 1.08 bits per heavy atom. The van der Waals surface area contributed by atoms with Crippen LogP contribution in [-0.2, 0) is 0 Å². The van der Waals surface area contributed by atoms with Gasteiger partial charge in [0.1, 0.15) is 22.5 Å². The first-order chi connectivity index (χ1) is 17.9. The number of imidazole rings is 1. The first kappa shape index (κ1) is 24.1. The molecule has 0 unspecified atom stereocenters. The maximum atomic E-state index is 15.2. The summed E-state index contributed by atoms with van der Waals surface area (Å²) < 4.78 is 28.6. The number of aromatic amines is 2. The smallest absolute Gasteiger partial charge is 0.157 e. The molecule has 0 aliphatic heterocycles. The van der Waals surface area contributed by atoms with Crippen molar-refractivity contribution in [2.45, 2.75) is 26.8 Å². The Hall–Kier alpha value is -4.59. The minimum absolute atomic E-state index is 0.222. The van der Waals surface area contributed by atoms with E-state index in [1.54, 1.807) is 24.4 Å². The van der Waals surface area contributed by atoms with Crippen LogP contribution in [0.2, 0.25) is 0 Å². The molecule has 3 N–H and O–H groups in total. The number of benzene rings is 2. The molecule has 0 saturated heterocycles. The van der Waals surface area contributed by atoms with E-state index in [-0.39, 0.29) is 17.4 Å². The van der Waals surface area contributed by atoms with Crippen molar-refractivity contribution in [3.05, 3.63) is 96.4 Å². The first-order valence-electron chi connectivity index (χ1n) is 11.9. The summed E-state index contributed by atoms with van der Waals surface area (Å²) in [6, 6.07) is 11.5. The number of pyridine rings is 1. The van der Waals surface area contributed by atoms with Crippen LogP contribution in [0.15, 0.2) is 79.2 Å². The standard InChI is InChI=1S/C29H26F2N6/c1-5-17(13-21(6-2)33-16(3)4)19-14-22-26(23(31)15-19)36-37-27(22)29-34-24-11-12-32-25(28(24)35-29)18-7-9-20(30)10-8-18/h5-16,33H,2H2,1,3-4H3,(H,34,35)(H,36,37)/b17-5+,21-13+. The van der Waals surface area contributed by atoms with Gasteiger partial charge in [-0.2, -0.15) is 5.10 Å². The van der Waals surface area contributed by atoms with Gasteiger partial charge in [-0.05, 0) is 86.5 Å². The zero-order valence-electron chi connectivity index (χ0n) is 20.7. The van der Waals surface area contributed by atoms with Gasteiger partial charge in [0, 0.05) is 28.9 Å². The molecule has 186 valence electrons. The highest BCUT2D eigenvalue weighted by Gasteiger charge is 2.18. The lowest BCUT2D eigenvalue weighted by Crippen LogP contribution is -2.20. The van der Waals surface area contributed by atoms with Crippen LogP contribution in [0.5, 0.6) is 0 Å². The average molecular weight is 497 g/mol. The summed E-state index contributed by atoms with van der Waals surface area (Å²) in [5.74, 6) is -0.267. The molecule has 2 aromatic carbocycles. The maximum Gasteiger partial charge on any atom is 0.157 e. The number of H-pyrrole nitrogens is 2. The molecule has 5 rings (SSSR count). The molecule has 0 atom stereocenters. The summed E-state index contributed by atoms with van der Waals surface area (Å²) in [5.41, 5.74) is 5.88. The van der Waals surface area contributed by atoms with Crippen molar-refractivity contribution in [2.75, 3.05) is 0 Å². The van der Waals surface area contributed by atoms with Crippen LogP contribution in [0.3, 0.4) is 0 Å². The second-order valence-corrected chi connectivity index (χ2v) is 8.95. The van der Waals surface area contributed by atoms with E-state index in [0.717, 1.165) is 22.4 Å². The number of nitrogens with one attached hydrogen (secondary N) is 3. The largest absolute Gasteiger partial charge is 0.383 e. The Labute approximate surface area is 212 Å². The molecule has 0 spiro atoms. The number of aromatic nitrogens is 5. The summed E-state index contributed by atoms with van der Waals surface area (Å²) >= 11 is 0. The van der Waals surface area contributed by atoms with Gasteiger partial charge >= 0.3 is 0 Å². The summed E-state index contributed by atoms with van der Waals surface area (Å²) in [6.07, 6.45) is 7.27. The summed E-state index contributed by atoms with van der Waals surface area (Å²) in [4.78, 5) is 12.5. The highest BCUT2D eigenvalue weighted by Crippen LogP contribution is 2.33. The number of hydrogen-bond donors (Lipinski definition) is 3. The minimum Gasteiger partial charge on any atom is -0.383 e. The van der Waals surface area contributed by atoms with Crippen LogP contribution in [0.4, 0.5) is 8.78 Å². The van der Waals surface area contributed by atoms with Crippen LogP contribution in [0.1, 0.15) is 26.3 Å². The van der Waals surface area contributed by atoms with Gasteiger partial charge in [-0.3, -0.25) is 10.1 Å². The predicted octanol–water partition coefficient (Wildman–Crippen LogP) is 6.92. The van der Waals surface area contributed by atoms with Gasteiger partial charge in [0.2, 0.25) is 0 Å². The lowest BCUT2D eigenvalue weighted by atomic mass is 10.0. The van der Waals surface area contributed by atoms with E-state index >= 15 is 4.39 Å². The highest BCUT2D eigenvalue weighted by molar-refractivity contribution is 5.97. The fourth-order valence-electron chi connectivity index (χ4n) is 4.29. The SMILES string of the molecule is C=C/C(=C\C(=C/C)c1cc(F)c2n[nH]c(-c3nc4c(-c5ccc(F)cc5)nccc4[nH]3)c2c1)NC(C)C. The average Bonchev–Trinajstić information content (AvgIpc) is 3.51. The molecule has 37 heavy (non-hydrogen) atoms. The van der Waals surface area contributed by atoms with E-state index in [0.29, 0.717) is 33.7 Å². The number of allylic oxidation sites excluding steroid dienone is 4. The van der Waals surface area contributed by atoms with E-state index in [4.69, 9.17) is 4.98 Å². The third-order valence-electron chi connectivity index (χ3n) is 6.00. The quantitative estimate of drug-likeness (QED) is 0.214. The molecular weight excluding hydrogens is 470 g/mol. The third kappa shape index (κ3) is 4.65. The van der Waals surface area contributed by atoms with Gasteiger partial charge in [0.05, 0.1) is 11.2 Å². The van der Waals surface area contributed by atoms with Gasteiger partial charge < -0.3 is 10.3 Å². The second-order valence-electron chi connectivity index (χ2n) is 8.95. The zero-order valence-corrected chi connectivity index (χ0v) is 20.7. The Morgan fingerprint density at radius 2 is 1.86 bits per heavy atom. The van der Waals surface area contributed by atoms with E-state index in [9.17, 15) is 4.39 Å².